The molecule has 2 rings (SSSR count). The minimum Gasteiger partial charge on any atom is -0.496 e. The van der Waals surface area contributed by atoms with Gasteiger partial charge < -0.3 is 14.9 Å². The van der Waals surface area contributed by atoms with Gasteiger partial charge in [-0.3, -0.25) is 4.79 Å². The molecule has 1 aromatic carbocycles. The first-order valence-electron chi connectivity index (χ1n) is 7.24. The maximum atomic E-state index is 12.9. The summed E-state index contributed by atoms with van der Waals surface area (Å²) in [6.07, 6.45) is -0.939. The molecule has 128 valence electrons. The molecule has 0 amide bonds. The molecule has 0 unspecified atom stereocenters. The minimum atomic E-state index is -3.85. The molecule has 1 saturated heterocycles. The summed E-state index contributed by atoms with van der Waals surface area (Å²) >= 11 is 0. The third-order valence-corrected chi connectivity index (χ3v) is 6.17. The van der Waals surface area contributed by atoms with Gasteiger partial charge in [-0.25, -0.2) is 8.42 Å². The maximum absolute atomic E-state index is 12.9. The maximum Gasteiger partial charge on any atom is 0.310 e. The van der Waals surface area contributed by atoms with Gasteiger partial charge in [0.15, 0.2) is 0 Å². The molecule has 23 heavy (non-hydrogen) atoms. The third-order valence-electron chi connectivity index (χ3n) is 4.17. The Hall–Kier alpha value is -1.64. The molecule has 0 radical (unpaired) electrons. The van der Waals surface area contributed by atoms with Crippen LogP contribution in [0.4, 0.5) is 0 Å². The smallest absolute Gasteiger partial charge is 0.310 e. The molecule has 2 atom stereocenters. The van der Waals surface area contributed by atoms with Crippen LogP contribution in [0.5, 0.6) is 5.75 Å². The second kappa shape index (κ2) is 6.46. The summed E-state index contributed by atoms with van der Waals surface area (Å²) in [7, 11) is -2.39. The van der Waals surface area contributed by atoms with Crippen molar-refractivity contribution in [3.8, 4) is 5.75 Å². The van der Waals surface area contributed by atoms with Crippen molar-refractivity contribution in [3.63, 3.8) is 0 Å². The number of aliphatic hydroxyl groups excluding tert-OH is 1. The number of carboxylic acid groups (broad SMARTS) is 1. The van der Waals surface area contributed by atoms with Crippen LogP contribution in [0.1, 0.15) is 17.5 Å². The molecule has 1 heterocycles. The fraction of sp³-hybridized carbons (Fsp3) is 0.533. The van der Waals surface area contributed by atoms with Crippen molar-refractivity contribution in [2.45, 2.75) is 31.3 Å². The number of aliphatic hydroxyl groups is 1. The molecule has 2 N–H and O–H groups in total. The van der Waals surface area contributed by atoms with Gasteiger partial charge in [-0.1, -0.05) is 6.07 Å². The highest BCUT2D eigenvalue weighted by molar-refractivity contribution is 7.89. The van der Waals surface area contributed by atoms with Crippen LogP contribution in [0.2, 0.25) is 0 Å². The molecule has 0 bridgehead atoms. The zero-order valence-corrected chi connectivity index (χ0v) is 14.1. The largest absolute Gasteiger partial charge is 0.496 e. The van der Waals surface area contributed by atoms with Crippen molar-refractivity contribution >= 4 is 16.0 Å². The van der Waals surface area contributed by atoms with E-state index >= 15 is 0 Å². The average molecular weight is 343 g/mol. The predicted octanol–water partition coefficient (Wildman–Crippen LogP) is 0.768. The van der Waals surface area contributed by atoms with E-state index in [0.29, 0.717) is 11.3 Å². The molecule has 8 heteroatoms. The van der Waals surface area contributed by atoms with E-state index in [2.05, 4.69) is 0 Å². The van der Waals surface area contributed by atoms with Crippen LogP contribution >= 0.6 is 0 Å². The second-order valence-corrected chi connectivity index (χ2v) is 7.66. The van der Waals surface area contributed by atoms with Crippen LogP contribution in [0.3, 0.4) is 0 Å². The Morgan fingerprint density at radius 3 is 2.52 bits per heavy atom. The summed E-state index contributed by atoms with van der Waals surface area (Å²) in [6.45, 7) is 3.35. The van der Waals surface area contributed by atoms with Crippen LogP contribution < -0.4 is 4.74 Å². The van der Waals surface area contributed by atoms with Gasteiger partial charge in [0.25, 0.3) is 0 Å². The molecular formula is C15H21NO6S. The molecule has 1 aliphatic rings. The van der Waals surface area contributed by atoms with Gasteiger partial charge in [0, 0.05) is 19.2 Å². The number of hydrogen-bond donors (Lipinski definition) is 2. The number of nitrogens with zero attached hydrogens (tertiary/aromatic N) is 1. The fourth-order valence-electron chi connectivity index (χ4n) is 2.82. The Labute approximate surface area is 135 Å². The summed E-state index contributed by atoms with van der Waals surface area (Å²) in [5, 5.41) is 18.9. The number of carboxylic acids is 1. The number of rotatable bonds is 4. The number of hydrogen-bond acceptors (Lipinski definition) is 5. The first kappa shape index (κ1) is 17.7. The Kier molecular flexibility index (Phi) is 4.98. The van der Waals surface area contributed by atoms with E-state index < -0.39 is 28.0 Å². The molecule has 0 aromatic heterocycles. The number of methoxy groups -OCH3 is 1. The Balaban J connectivity index is 2.41. The van der Waals surface area contributed by atoms with Crippen LogP contribution in [0.25, 0.3) is 0 Å². The molecule has 0 saturated carbocycles. The van der Waals surface area contributed by atoms with Crippen LogP contribution in [0, 0.1) is 19.8 Å². The number of carbonyl (C=O) groups is 1. The number of piperidine rings is 1. The second-order valence-electron chi connectivity index (χ2n) is 5.75. The number of benzene rings is 1. The van der Waals surface area contributed by atoms with Crippen LogP contribution in [-0.2, 0) is 14.8 Å². The van der Waals surface area contributed by atoms with Crippen molar-refractivity contribution in [1.29, 1.82) is 0 Å². The quantitative estimate of drug-likeness (QED) is 0.837. The lowest BCUT2D eigenvalue weighted by atomic mass is 9.96. The summed E-state index contributed by atoms with van der Waals surface area (Å²) < 4.78 is 32.0. The Bertz CT molecular complexity index is 715. The molecule has 1 fully saturated rings. The van der Waals surface area contributed by atoms with E-state index in [0.717, 1.165) is 9.87 Å². The molecular weight excluding hydrogens is 322 g/mol. The van der Waals surface area contributed by atoms with Crippen molar-refractivity contribution in [1.82, 2.24) is 4.31 Å². The Morgan fingerprint density at radius 1 is 1.30 bits per heavy atom. The van der Waals surface area contributed by atoms with Gasteiger partial charge in [0.1, 0.15) is 5.75 Å². The first-order chi connectivity index (χ1) is 10.7. The topological polar surface area (TPSA) is 104 Å². The molecule has 1 aromatic rings. The number of sulfonamides is 1. The molecule has 0 aliphatic carbocycles. The van der Waals surface area contributed by atoms with Crippen molar-refractivity contribution < 1.29 is 28.2 Å². The van der Waals surface area contributed by atoms with Gasteiger partial charge in [0.05, 0.1) is 24.0 Å². The van der Waals surface area contributed by atoms with E-state index in [-0.39, 0.29) is 24.4 Å². The van der Waals surface area contributed by atoms with Crippen LogP contribution in [-0.4, -0.2) is 55.2 Å². The van der Waals surface area contributed by atoms with Gasteiger partial charge in [-0.15, -0.1) is 0 Å². The molecule has 1 aliphatic heterocycles. The molecule has 7 nitrogen and oxygen atoms in total. The summed E-state index contributed by atoms with van der Waals surface area (Å²) in [5.41, 5.74) is 1.39. The van der Waals surface area contributed by atoms with Crippen molar-refractivity contribution in [2.24, 2.45) is 5.92 Å². The van der Waals surface area contributed by atoms with Crippen molar-refractivity contribution in [2.75, 3.05) is 20.2 Å². The first-order valence-corrected chi connectivity index (χ1v) is 8.68. The van der Waals surface area contributed by atoms with Gasteiger partial charge in [-0.2, -0.15) is 4.31 Å². The SMILES string of the molecule is COc1cc(S(=O)(=O)N2CC[C@@H](O)[C@@H](C(=O)O)C2)c(C)cc1C. The lowest BCUT2D eigenvalue weighted by Crippen LogP contribution is -2.48. The number of aliphatic carboxylic acids is 1. The van der Waals surface area contributed by atoms with E-state index in [1.807, 2.05) is 6.92 Å². The minimum absolute atomic E-state index is 0.0862. The van der Waals surface area contributed by atoms with Gasteiger partial charge in [-0.05, 0) is 31.4 Å². The van der Waals surface area contributed by atoms with Gasteiger partial charge in [0.2, 0.25) is 10.0 Å². The summed E-state index contributed by atoms with van der Waals surface area (Å²) in [4.78, 5) is 11.3. The number of aryl methyl sites for hydroxylation is 2. The summed E-state index contributed by atoms with van der Waals surface area (Å²) in [5.74, 6) is -1.86. The van der Waals surface area contributed by atoms with Gasteiger partial charge >= 0.3 is 5.97 Å². The van der Waals surface area contributed by atoms with E-state index in [1.165, 1.54) is 13.2 Å². The lowest BCUT2D eigenvalue weighted by molar-refractivity contribution is -0.147. The predicted molar refractivity (Wildman–Crippen MR) is 83.0 cm³/mol. The van der Waals surface area contributed by atoms with E-state index in [4.69, 9.17) is 9.84 Å². The number of ether oxygens (including phenoxy) is 1. The molecule has 0 spiro atoms. The van der Waals surface area contributed by atoms with Crippen LogP contribution in [0.15, 0.2) is 17.0 Å². The normalized spacial score (nSPS) is 22.8. The lowest BCUT2D eigenvalue weighted by Gasteiger charge is -2.33. The standard InChI is InChI=1S/C15H21NO6S/c1-9-6-10(2)14(7-13(9)22-3)23(20,21)16-5-4-12(17)11(8-16)15(18)19/h6-7,11-12,17H,4-5,8H2,1-3H3,(H,18,19)/t11-,12+/m0/s1. The zero-order valence-electron chi connectivity index (χ0n) is 13.3. The van der Waals surface area contributed by atoms with E-state index in [9.17, 15) is 18.3 Å². The zero-order chi connectivity index (χ0) is 17.4. The Morgan fingerprint density at radius 2 is 1.96 bits per heavy atom. The highest BCUT2D eigenvalue weighted by Gasteiger charge is 2.39. The average Bonchev–Trinajstić information content (AvgIpc) is 2.47. The fourth-order valence-corrected chi connectivity index (χ4v) is 4.52. The van der Waals surface area contributed by atoms with E-state index in [1.54, 1.807) is 13.0 Å². The van der Waals surface area contributed by atoms with Crippen molar-refractivity contribution in [3.05, 3.63) is 23.3 Å². The third kappa shape index (κ3) is 3.34. The monoisotopic (exact) mass is 343 g/mol. The summed E-state index contributed by atoms with van der Waals surface area (Å²) in [6, 6.07) is 3.18. The highest BCUT2D eigenvalue weighted by Crippen LogP contribution is 2.30. The highest BCUT2D eigenvalue weighted by atomic mass is 32.2.